The Kier molecular flexibility index (Phi) is 12.7. The summed E-state index contributed by atoms with van der Waals surface area (Å²) in [4.78, 5) is 47.7. The van der Waals surface area contributed by atoms with Crippen LogP contribution in [0.3, 0.4) is 0 Å². The van der Waals surface area contributed by atoms with Crippen molar-refractivity contribution in [3.05, 3.63) is 23.8 Å². The van der Waals surface area contributed by atoms with Crippen molar-refractivity contribution < 1.29 is 42.9 Å². The Labute approximate surface area is 200 Å². The van der Waals surface area contributed by atoms with Gasteiger partial charge in [-0.3, -0.25) is 14.4 Å². The Bertz CT molecular complexity index is 838. The predicted molar refractivity (Wildman–Crippen MR) is 122 cm³/mol. The summed E-state index contributed by atoms with van der Waals surface area (Å²) in [6.45, 7) is 8.42. The minimum atomic E-state index is -1.03. The molecular formula is C24H35NO9. The molecule has 0 aliphatic rings. The van der Waals surface area contributed by atoms with E-state index in [0.29, 0.717) is 18.4 Å². The van der Waals surface area contributed by atoms with Crippen LogP contribution in [0.4, 0.5) is 4.79 Å². The molecule has 34 heavy (non-hydrogen) atoms. The Morgan fingerprint density at radius 2 is 1.47 bits per heavy atom. The minimum absolute atomic E-state index is 0.0727. The first-order valence-electron chi connectivity index (χ1n) is 11.4. The van der Waals surface area contributed by atoms with Gasteiger partial charge in [-0.25, -0.2) is 4.79 Å². The van der Waals surface area contributed by atoms with Crippen LogP contribution >= 0.6 is 0 Å². The maximum atomic E-state index is 12.3. The van der Waals surface area contributed by atoms with Crippen molar-refractivity contribution in [1.29, 1.82) is 0 Å². The Morgan fingerprint density at radius 3 is 2.03 bits per heavy atom. The molecule has 0 heterocycles. The van der Waals surface area contributed by atoms with Crippen LogP contribution in [0.15, 0.2) is 18.2 Å². The lowest BCUT2D eigenvalue weighted by Gasteiger charge is -2.18. The van der Waals surface area contributed by atoms with E-state index in [4.69, 9.17) is 29.4 Å². The van der Waals surface area contributed by atoms with Crippen LogP contribution < -0.4 is 15.2 Å². The largest absolute Gasteiger partial charge is 0.508 e. The molecule has 0 aromatic heterocycles. The van der Waals surface area contributed by atoms with Gasteiger partial charge < -0.3 is 29.4 Å². The zero-order chi connectivity index (χ0) is 25.7. The van der Waals surface area contributed by atoms with Crippen molar-refractivity contribution >= 4 is 24.1 Å². The maximum absolute atomic E-state index is 12.3. The van der Waals surface area contributed by atoms with E-state index in [0.717, 1.165) is 0 Å². The molecule has 10 nitrogen and oxygen atoms in total. The fourth-order valence-electron chi connectivity index (χ4n) is 2.67. The van der Waals surface area contributed by atoms with E-state index in [1.807, 2.05) is 13.8 Å². The Hall–Kier alpha value is -3.14. The van der Waals surface area contributed by atoms with Crippen LogP contribution in [0, 0.1) is 0 Å². The number of nitrogens with two attached hydrogens (primary N) is 1. The lowest BCUT2D eigenvalue weighted by molar-refractivity contribution is -0.152. The normalized spacial score (nSPS) is 12.4. The molecule has 1 aromatic carbocycles. The van der Waals surface area contributed by atoms with E-state index in [2.05, 4.69) is 0 Å². The summed E-state index contributed by atoms with van der Waals surface area (Å²) in [6, 6.07) is 3.58. The molecule has 0 bridgehead atoms. The maximum Gasteiger partial charge on any atom is 0.508 e. The van der Waals surface area contributed by atoms with E-state index < -0.39 is 36.2 Å². The first kappa shape index (κ1) is 28.9. The van der Waals surface area contributed by atoms with E-state index in [1.165, 1.54) is 12.1 Å². The molecule has 2 atom stereocenters. The summed E-state index contributed by atoms with van der Waals surface area (Å²) in [7, 11) is 0. The number of carbonyl (C=O) groups excluding carboxylic acids is 4. The van der Waals surface area contributed by atoms with Crippen molar-refractivity contribution in [2.75, 3.05) is 6.61 Å². The molecule has 0 fully saturated rings. The highest BCUT2D eigenvalue weighted by molar-refractivity contribution is 5.77. The molecule has 0 amide bonds. The number of ether oxygens (including phenoxy) is 5. The van der Waals surface area contributed by atoms with Gasteiger partial charge in [-0.1, -0.05) is 19.9 Å². The average molecular weight is 482 g/mol. The van der Waals surface area contributed by atoms with Crippen molar-refractivity contribution in [1.82, 2.24) is 0 Å². The molecule has 0 aliphatic heterocycles. The highest BCUT2D eigenvalue weighted by Crippen LogP contribution is 2.30. The Balaban J connectivity index is 2.79. The van der Waals surface area contributed by atoms with Gasteiger partial charge in [0.15, 0.2) is 11.5 Å². The standard InChI is InChI=1S/C24H35NO9/c1-6-8-21(26)33-19-11-10-17(13-20(19)34-22(27)9-7-2)12-18(25)23(28)32-16(5)14-30-24(29)31-15(3)4/h10-11,13,15-16,18H,6-9,12,14,25H2,1-5H3/t16-,18-/m0/s1. The molecule has 10 heteroatoms. The zero-order valence-corrected chi connectivity index (χ0v) is 20.5. The van der Waals surface area contributed by atoms with Crippen molar-refractivity contribution in [3.8, 4) is 11.5 Å². The molecule has 190 valence electrons. The molecule has 0 radical (unpaired) electrons. The second kappa shape index (κ2) is 14.9. The summed E-state index contributed by atoms with van der Waals surface area (Å²) in [5, 5.41) is 0. The minimum Gasteiger partial charge on any atom is -0.458 e. The Morgan fingerprint density at radius 1 is 0.882 bits per heavy atom. The monoisotopic (exact) mass is 481 g/mol. The van der Waals surface area contributed by atoms with Gasteiger partial charge in [0, 0.05) is 12.8 Å². The smallest absolute Gasteiger partial charge is 0.458 e. The average Bonchev–Trinajstić information content (AvgIpc) is 2.74. The van der Waals surface area contributed by atoms with Gasteiger partial charge in [-0.05, 0) is 57.7 Å². The van der Waals surface area contributed by atoms with Crippen molar-refractivity contribution in [3.63, 3.8) is 0 Å². The van der Waals surface area contributed by atoms with Gasteiger partial charge in [0.25, 0.3) is 0 Å². The van der Waals surface area contributed by atoms with Gasteiger partial charge in [0.1, 0.15) is 18.8 Å². The van der Waals surface area contributed by atoms with Gasteiger partial charge in [-0.2, -0.15) is 0 Å². The van der Waals surface area contributed by atoms with E-state index in [9.17, 15) is 19.2 Å². The summed E-state index contributed by atoms with van der Waals surface area (Å²) < 4.78 is 25.6. The van der Waals surface area contributed by atoms with Crippen LogP contribution in [0.25, 0.3) is 0 Å². The fourth-order valence-corrected chi connectivity index (χ4v) is 2.67. The molecule has 2 N–H and O–H groups in total. The molecule has 0 aliphatic carbocycles. The highest BCUT2D eigenvalue weighted by atomic mass is 16.7. The number of carbonyl (C=O) groups is 4. The third-order valence-corrected chi connectivity index (χ3v) is 4.21. The quantitative estimate of drug-likeness (QED) is 0.329. The fraction of sp³-hybridized carbons (Fsp3) is 0.583. The van der Waals surface area contributed by atoms with E-state index in [-0.39, 0.29) is 43.5 Å². The zero-order valence-electron chi connectivity index (χ0n) is 20.5. The molecule has 1 rings (SSSR count). The second-order valence-corrected chi connectivity index (χ2v) is 8.01. The summed E-state index contributed by atoms with van der Waals surface area (Å²) in [5.41, 5.74) is 6.55. The van der Waals surface area contributed by atoms with Crippen LogP contribution in [0.2, 0.25) is 0 Å². The number of rotatable bonds is 13. The number of esters is 3. The SMILES string of the molecule is CCCC(=O)Oc1ccc(C[C@H](N)C(=O)O[C@@H](C)COC(=O)OC(C)C)cc1OC(=O)CCC. The number of benzene rings is 1. The predicted octanol–water partition coefficient (Wildman–Crippen LogP) is 3.46. The van der Waals surface area contributed by atoms with Gasteiger partial charge >= 0.3 is 24.1 Å². The van der Waals surface area contributed by atoms with Crippen LogP contribution in [-0.2, 0) is 35.0 Å². The summed E-state index contributed by atoms with van der Waals surface area (Å²) in [5.74, 6) is -1.43. The van der Waals surface area contributed by atoms with Crippen molar-refractivity contribution in [2.24, 2.45) is 5.73 Å². The van der Waals surface area contributed by atoms with Gasteiger partial charge in [-0.15, -0.1) is 0 Å². The van der Waals surface area contributed by atoms with Crippen LogP contribution in [0.1, 0.15) is 65.9 Å². The first-order valence-corrected chi connectivity index (χ1v) is 11.4. The van der Waals surface area contributed by atoms with Crippen LogP contribution in [-0.4, -0.2) is 48.9 Å². The lowest BCUT2D eigenvalue weighted by atomic mass is 10.1. The molecule has 0 saturated carbocycles. The van der Waals surface area contributed by atoms with Crippen LogP contribution in [0.5, 0.6) is 11.5 Å². The van der Waals surface area contributed by atoms with E-state index >= 15 is 0 Å². The topological polar surface area (TPSA) is 140 Å². The summed E-state index contributed by atoms with van der Waals surface area (Å²) in [6.07, 6.45) is -0.217. The van der Waals surface area contributed by atoms with Gasteiger partial charge in [0.2, 0.25) is 0 Å². The molecular weight excluding hydrogens is 446 g/mol. The molecule has 0 spiro atoms. The number of hydrogen-bond donors (Lipinski definition) is 1. The molecule has 1 aromatic rings. The highest BCUT2D eigenvalue weighted by Gasteiger charge is 2.21. The van der Waals surface area contributed by atoms with Crippen molar-refractivity contribution in [2.45, 2.75) is 85.0 Å². The molecule has 0 saturated heterocycles. The van der Waals surface area contributed by atoms with Gasteiger partial charge in [0.05, 0.1) is 6.10 Å². The summed E-state index contributed by atoms with van der Waals surface area (Å²) >= 11 is 0. The van der Waals surface area contributed by atoms with E-state index in [1.54, 1.807) is 26.8 Å². The first-order chi connectivity index (χ1) is 16.0. The lowest BCUT2D eigenvalue weighted by Crippen LogP contribution is -2.37. The number of hydrogen-bond acceptors (Lipinski definition) is 10. The second-order valence-electron chi connectivity index (χ2n) is 8.01. The third-order valence-electron chi connectivity index (χ3n) is 4.21. The molecule has 0 unspecified atom stereocenters. The third kappa shape index (κ3) is 11.1.